The van der Waals surface area contributed by atoms with Gasteiger partial charge in [-0.15, -0.1) is 0 Å². The largest absolute Gasteiger partial charge is 0.481 e. The number of nitrogens with one attached hydrogen (secondary N) is 1. The van der Waals surface area contributed by atoms with Gasteiger partial charge < -0.3 is 5.11 Å². The lowest BCUT2D eigenvalue weighted by atomic mass is 10.1. The Labute approximate surface area is 70.8 Å². The summed E-state index contributed by atoms with van der Waals surface area (Å²) in [5, 5.41) is 8.43. The molecule has 0 heterocycles. The molecule has 0 aliphatic carbocycles. The Bertz CT molecular complexity index is 258. The average molecular weight is 164 g/mol. The Morgan fingerprint density at radius 2 is 2.00 bits per heavy atom. The van der Waals surface area contributed by atoms with E-state index in [-0.39, 0.29) is 6.42 Å². The molecule has 0 saturated heterocycles. The minimum absolute atomic E-state index is 0.135. The Hall–Kier alpha value is -1.35. The van der Waals surface area contributed by atoms with E-state index in [1.54, 1.807) is 24.3 Å². The van der Waals surface area contributed by atoms with Crippen LogP contribution in [0.1, 0.15) is 18.0 Å². The number of aliphatic carboxylic acids is 1. The second kappa shape index (κ2) is 3.88. The van der Waals surface area contributed by atoms with Crippen LogP contribution in [0.4, 0.5) is 0 Å². The van der Waals surface area contributed by atoms with Crippen LogP contribution in [0.25, 0.3) is 0 Å². The van der Waals surface area contributed by atoms with Crippen molar-refractivity contribution in [3.63, 3.8) is 0 Å². The van der Waals surface area contributed by atoms with Crippen LogP contribution in [0.5, 0.6) is 0 Å². The Morgan fingerprint density at radius 3 is 2.50 bits per heavy atom. The van der Waals surface area contributed by atoms with Crippen molar-refractivity contribution in [3.8, 4) is 0 Å². The van der Waals surface area contributed by atoms with Crippen LogP contribution in [0.2, 0.25) is 0 Å². The molecule has 0 aliphatic rings. The van der Waals surface area contributed by atoms with E-state index in [1.807, 2.05) is 6.07 Å². The Kier molecular flexibility index (Phi) is 2.82. The van der Waals surface area contributed by atoms with Gasteiger partial charge in [-0.1, -0.05) is 30.3 Å². The zero-order valence-electron chi connectivity index (χ0n) is 6.53. The van der Waals surface area contributed by atoms with Gasteiger partial charge in [0.2, 0.25) is 0 Å². The third kappa shape index (κ3) is 2.36. The molecule has 0 fully saturated rings. The molecule has 1 aromatic carbocycles. The number of carboxylic acid groups (broad SMARTS) is 1. The van der Waals surface area contributed by atoms with Crippen molar-refractivity contribution >= 4 is 5.97 Å². The van der Waals surface area contributed by atoms with E-state index in [0.29, 0.717) is 0 Å². The van der Waals surface area contributed by atoms with Gasteiger partial charge in [-0.3, -0.25) is 4.79 Å². The van der Waals surface area contributed by atoms with Crippen molar-refractivity contribution in [2.75, 3.05) is 0 Å². The monoisotopic (exact) mass is 164 g/mol. The highest BCUT2D eigenvalue weighted by Crippen LogP contribution is 2.14. The molecule has 12 heavy (non-hydrogen) atoms. The Morgan fingerprint density at radius 1 is 1.42 bits per heavy atom. The lowest BCUT2D eigenvalue weighted by Gasteiger charge is -2.06. The molecule has 3 heteroatoms. The fourth-order valence-corrected chi connectivity index (χ4v) is 0.978. The topological polar surface area (TPSA) is 61.1 Å². The van der Waals surface area contributed by atoms with Crippen LogP contribution in [0, 0.1) is 0 Å². The maximum atomic E-state index is 10.3. The van der Waals surface area contributed by atoms with Crippen LogP contribution in [0.3, 0.4) is 0 Å². The normalized spacial score (nSPS) is 12.4. The van der Waals surface area contributed by atoms with Crippen LogP contribution < -0.4 is 5.73 Å². The zero-order valence-corrected chi connectivity index (χ0v) is 6.53. The molecule has 1 atom stereocenters. The highest BCUT2D eigenvalue weighted by molar-refractivity contribution is 5.67. The van der Waals surface area contributed by atoms with Crippen LogP contribution in [-0.4, -0.2) is 11.1 Å². The van der Waals surface area contributed by atoms with Gasteiger partial charge in [-0.2, -0.15) is 0 Å². The molecule has 0 saturated carbocycles. The fraction of sp³-hybridized carbons (Fsp3) is 0.222. The van der Waals surface area contributed by atoms with Crippen molar-refractivity contribution in [1.82, 2.24) is 5.73 Å². The molecule has 1 aromatic rings. The van der Waals surface area contributed by atoms with Crippen LogP contribution in [-0.2, 0) is 4.79 Å². The van der Waals surface area contributed by atoms with Gasteiger partial charge in [-0.25, -0.2) is 5.73 Å². The highest BCUT2D eigenvalue weighted by Gasteiger charge is 2.09. The number of benzene rings is 1. The quantitative estimate of drug-likeness (QED) is 0.735. The van der Waals surface area contributed by atoms with E-state index < -0.39 is 12.0 Å². The van der Waals surface area contributed by atoms with E-state index in [4.69, 9.17) is 10.8 Å². The minimum atomic E-state index is -0.932. The third-order valence-electron chi connectivity index (χ3n) is 1.58. The fourth-order valence-electron chi connectivity index (χ4n) is 0.978. The lowest BCUT2D eigenvalue weighted by molar-refractivity contribution is -0.137. The first kappa shape index (κ1) is 8.74. The smallest absolute Gasteiger partial charge is 0.305 e. The number of carbonyl (C=O) groups is 1. The summed E-state index contributed by atoms with van der Waals surface area (Å²) in [4.78, 5) is 10.3. The number of carboxylic acids is 1. The summed E-state index contributed by atoms with van der Waals surface area (Å²) < 4.78 is 0. The van der Waals surface area contributed by atoms with E-state index in [9.17, 15) is 4.79 Å². The van der Waals surface area contributed by atoms with E-state index in [1.165, 1.54) is 0 Å². The molecule has 0 aromatic heterocycles. The Balaban J connectivity index is 2.65. The summed E-state index contributed by atoms with van der Waals surface area (Å²) in [5.41, 5.74) is 8.21. The van der Waals surface area contributed by atoms with Gasteiger partial charge in [0, 0.05) is 0 Å². The third-order valence-corrected chi connectivity index (χ3v) is 1.58. The minimum Gasteiger partial charge on any atom is -0.481 e. The molecular weight excluding hydrogens is 154 g/mol. The molecule has 0 amide bonds. The van der Waals surface area contributed by atoms with Crippen molar-refractivity contribution in [1.29, 1.82) is 0 Å². The van der Waals surface area contributed by atoms with Crippen LogP contribution in [0.15, 0.2) is 30.3 Å². The molecule has 1 unspecified atom stereocenters. The van der Waals surface area contributed by atoms with Crippen molar-refractivity contribution in [3.05, 3.63) is 35.9 Å². The number of rotatable bonds is 3. The molecule has 0 bridgehead atoms. The maximum absolute atomic E-state index is 10.3. The first-order valence-electron chi connectivity index (χ1n) is 3.68. The standard InChI is InChI=1S/C9H10NO2/c10-8(6-9(11)12)7-4-2-1-3-5-7/h1-5,8,10H,6H2,(H,11,12). The summed E-state index contributed by atoms with van der Waals surface area (Å²) in [6.07, 6.45) is -0.135. The maximum Gasteiger partial charge on any atom is 0.305 e. The first-order valence-corrected chi connectivity index (χ1v) is 3.68. The highest BCUT2D eigenvalue weighted by atomic mass is 16.4. The molecule has 3 nitrogen and oxygen atoms in total. The molecule has 0 spiro atoms. The summed E-state index contributed by atoms with van der Waals surface area (Å²) in [5.74, 6) is -0.932. The predicted molar refractivity (Wildman–Crippen MR) is 44.5 cm³/mol. The van der Waals surface area contributed by atoms with Gasteiger partial charge in [-0.05, 0) is 5.56 Å². The summed E-state index contributed by atoms with van der Waals surface area (Å²) >= 11 is 0. The molecule has 1 radical (unpaired) electrons. The summed E-state index contributed by atoms with van der Waals surface area (Å²) in [6, 6.07) is 8.33. The molecule has 0 aliphatic heterocycles. The van der Waals surface area contributed by atoms with Gasteiger partial charge in [0.1, 0.15) is 0 Å². The predicted octanol–water partition coefficient (Wildman–Crippen LogP) is 1.49. The lowest BCUT2D eigenvalue weighted by Crippen LogP contribution is -2.06. The molecule has 2 N–H and O–H groups in total. The van der Waals surface area contributed by atoms with E-state index in [0.717, 1.165) is 5.56 Å². The molecule has 1 rings (SSSR count). The number of hydrogen-bond donors (Lipinski definition) is 1. The molecule has 63 valence electrons. The van der Waals surface area contributed by atoms with Gasteiger partial charge in [0.15, 0.2) is 0 Å². The second-order valence-electron chi connectivity index (χ2n) is 2.56. The zero-order chi connectivity index (χ0) is 8.97. The van der Waals surface area contributed by atoms with Crippen LogP contribution >= 0.6 is 0 Å². The SMILES string of the molecule is [NH]C(CC(=O)O)c1ccccc1. The first-order chi connectivity index (χ1) is 5.70. The van der Waals surface area contributed by atoms with E-state index in [2.05, 4.69) is 0 Å². The van der Waals surface area contributed by atoms with Gasteiger partial charge >= 0.3 is 5.97 Å². The number of hydrogen-bond acceptors (Lipinski definition) is 1. The summed E-state index contributed by atoms with van der Waals surface area (Å²) in [6.45, 7) is 0. The van der Waals surface area contributed by atoms with Gasteiger partial charge in [0.05, 0.1) is 12.5 Å². The van der Waals surface area contributed by atoms with Crippen molar-refractivity contribution < 1.29 is 9.90 Å². The molecular formula is C9H10NO2. The van der Waals surface area contributed by atoms with Crippen molar-refractivity contribution in [2.45, 2.75) is 12.5 Å². The summed E-state index contributed by atoms with van der Waals surface area (Å²) in [7, 11) is 0. The average Bonchev–Trinajstić information content (AvgIpc) is 2.05. The van der Waals surface area contributed by atoms with Gasteiger partial charge in [0.25, 0.3) is 0 Å². The van der Waals surface area contributed by atoms with Crippen molar-refractivity contribution in [2.24, 2.45) is 0 Å². The second-order valence-corrected chi connectivity index (χ2v) is 2.56. The van der Waals surface area contributed by atoms with E-state index >= 15 is 0 Å².